The van der Waals surface area contributed by atoms with Gasteiger partial charge >= 0.3 is 5.97 Å². The predicted molar refractivity (Wildman–Crippen MR) is 114 cm³/mol. The van der Waals surface area contributed by atoms with E-state index in [9.17, 15) is 9.59 Å². The molecule has 3 rings (SSSR count). The number of carbonyl (C=O) groups excluding carboxylic acids is 2. The first-order valence-electron chi connectivity index (χ1n) is 9.50. The van der Waals surface area contributed by atoms with Crippen molar-refractivity contribution in [3.63, 3.8) is 0 Å². The summed E-state index contributed by atoms with van der Waals surface area (Å²) in [5, 5.41) is 6.08. The van der Waals surface area contributed by atoms with Gasteiger partial charge in [0, 0.05) is 17.6 Å². The van der Waals surface area contributed by atoms with Gasteiger partial charge in [-0.15, -0.1) is 0 Å². The van der Waals surface area contributed by atoms with E-state index in [2.05, 4.69) is 28.6 Å². The summed E-state index contributed by atoms with van der Waals surface area (Å²) in [6, 6.07) is 18.2. The van der Waals surface area contributed by atoms with E-state index in [1.165, 1.54) is 5.56 Å². The summed E-state index contributed by atoms with van der Waals surface area (Å²) >= 11 is 0. The van der Waals surface area contributed by atoms with Gasteiger partial charge in [0.2, 0.25) is 0 Å². The van der Waals surface area contributed by atoms with Crippen LogP contribution in [0.2, 0.25) is 0 Å². The lowest BCUT2D eigenvalue weighted by Gasteiger charge is -2.12. The highest BCUT2D eigenvalue weighted by atomic mass is 16.5. The smallest absolute Gasteiger partial charge is 0.340 e. The molecule has 1 heterocycles. The Hall–Kier alpha value is -3.67. The number of anilines is 3. The summed E-state index contributed by atoms with van der Waals surface area (Å²) in [5.74, 6) is -0.892. The Morgan fingerprint density at radius 2 is 1.69 bits per heavy atom. The molecule has 0 aliphatic rings. The van der Waals surface area contributed by atoms with E-state index in [1.54, 1.807) is 49.5 Å². The minimum atomic E-state index is -0.483. The van der Waals surface area contributed by atoms with E-state index in [0.29, 0.717) is 11.3 Å². The van der Waals surface area contributed by atoms with Gasteiger partial charge in [0.25, 0.3) is 5.91 Å². The third-order valence-corrected chi connectivity index (χ3v) is 4.34. The van der Waals surface area contributed by atoms with Crippen LogP contribution < -0.4 is 10.6 Å². The number of nitrogens with one attached hydrogen (secondary N) is 2. The minimum absolute atomic E-state index is 0.239. The monoisotopic (exact) mass is 389 g/mol. The highest BCUT2D eigenvalue weighted by Crippen LogP contribution is 2.22. The lowest BCUT2D eigenvalue weighted by Crippen LogP contribution is -2.17. The van der Waals surface area contributed by atoms with Crippen LogP contribution >= 0.6 is 0 Å². The SMILES string of the molecule is CCOC(=O)c1ccccc1NC(=O)c1cc(Nc2ccccc2CC)ccn1. The van der Waals surface area contributed by atoms with Crippen LogP contribution in [-0.2, 0) is 11.2 Å². The summed E-state index contributed by atoms with van der Waals surface area (Å²) in [7, 11) is 0. The Labute approximate surface area is 169 Å². The fourth-order valence-electron chi connectivity index (χ4n) is 2.90. The third kappa shape index (κ3) is 4.99. The number of amides is 1. The van der Waals surface area contributed by atoms with E-state index in [0.717, 1.165) is 17.8 Å². The van der Waals surface area contributed by atoms with Crippen LogP contribution in [0.15, 0.2) is 66.9 Å². The van der Waals surface area contributed by atoms with E-state index >= 15 is 0 Å². The quantitative estimate of drug-likeness (QED) is 0.567. The van der Waals surface area contributed by atoms with E-state index in [-0.39, 0.29) is 12.3 Å². The van der Waals surface area contributed by atoms with Crippen molar-refractivity contribution in [3.05, 3.63) is 83.7 Å². The van der Waals surface area contributed by atoms with Gasteiger partial charge in [-0.05, 0) is 49.2 Å². The number of hydrogen-bond donors (Lipinski definition) is 2. The Bertz CT molecular complexity index is 1020. The molecule has 6 nitrogen and oxygen atoms in total. The van der Waals surface area contributed by atoms with Gasteiger partial charge in [-0.25, -0.2) is 4.79 Å². The largest absolute Gasteiger partial charge is 0.462 e. The predicted octanol–water partition coefficient (Wildman–Crippen LogP) is 4.82. The molecule has 0 aliphatic heterocycles. The number of aromatic nitrogens is 1. The maximum absolute atomic E-state index is 12.7. The van der Waals surface area contributed by atoms with E-state index in [4.69, 9.17) is 4.74 Å². The zero-order chi connectivity index (χ0) is 20.6. The molecule has 0 atom stereocenters. The molecule has 6 heteroatoms. The van der Waals surface area contributed by atoms with Gasteiger partial charge in [0.1, 0.15) is 5.69 Å². The molecule has 3 aromatic rings. The highest BCUT2D eigenvalue weighted by Gasteiger charge is 2.16. The molecule has 0 aliphatic carbocycles. The molecular formula is C23H23N3O3. The summed E-state index contributed by atoms with van der Waals surface area (Å²) < 4.78 is 5.05. The lowest BCUT2D eigenvalue weighted by molar-refractivity contribution is 0.0527. The topological polar surface area (TPSA) is 80.3 Å². The third-order valence-electron chi connectivity index (χ3n) is 4.34. The van der Waals surface area contributed by atoms with Crippen molar-refractivity contribution in [1.29, 1.82) is 0 Å². The van der Waals surface area contributed by atoms with Gasteiger partial charge in [0.15, 0.2) is 0 Å². The molecule has 0 saturated carbocycles. The normalized spacial score (nSPS) is 10.3. The maximum Gasteiger partial charge on any atom is 0.340 e. The molecule has 0 radical (unpaired) electrons. The number of benzene rings is 2. The second kappa shape index (κ2) is 9.50. The molecule has 148 valence electrons. The van der Waals surface area contributed by atoms with E-state index < -0.39 is 11.9 Å². The van der Waals surface area contributed by atoms with Gasteiger partial charge in [-0.3, -0.25) is 9.78 Å². The van der Waals surface area contributed by atoms with Gasteiger partial charge in [-0.2, -0.15) is 0 Å². The first-order chi connectivity index (χ1) is 14.1. The molecule has 29 heavy (non-hydrogen) atoms. The molecular weight excluding hydrogens is 366 g/mol. The van der Waals surface area contributed by atoms with E-state index in [1.807, 2.05) is 18.2 Å². The second-order valence-corrected chi connectivity index (χ2v) is 6.29. The summed E-state index contributed by atoms with van der Waals surface area (Å²) in [4.78, 5) is 29.0. The van der Waals surface area contributed by atoms with Gasteiger partial charge in [-0.1, -0.05) is 37.3 Å². The number of ether oxygens (including phenoxy) is 1. The number of nitrogens with zero attached hydrogens (tertiary/aromatic N) is 1. The Kier molecular flexibility index (Phi) is 6.58. The van der Waals surface area contributed by atoms with Crippen LogP contribution in [0.5, 0.6) is 0 Å². The number of carbonyl (C=O) groups is 2. The van der Waals surface area contributed by atoms with Crippen molar-refractivity contribution < 1.29 is 14.3 Å². The Morgan fingerprint density at radius 1 is 0.966 bits per heavy atom. The molecule has 2 aromatic carbocycles. The number of para-hydroxylation sites is 2. The zero-order valence-corrected chi connectivity index (χ0v) is 16.4. The fraction of sp³-hybridized carbons (Fsp3) is 0.174. The molecule has 1 amide bonds. The van der Waals surface area contributed by atoms with Crippen molar-refractivity contribution >= 4 is 28.9 Å². The first kappa shape index (κ1) is 20.1. The molecule has 1 aromatic heterocycles. The van der Waals surface area contributed by atoms with Gasteiger partial charge in [0.05, 0.1) is 17.9 Å². The molecule has 0 saturated heterocycles. The summed E-state index contributed by atoms with van der Waals surface area (Å²) in [6.45, 7) is 4.08. The van der Waals surface area contributed by atoms with Crippen LogP contribution in [-0.4, -0.2) is 23.5 Å². The minimum Gasteiger partial charge on any atom is -0.462 e. The average Bonchev–Trinajstić information content (AvgIpc) is 2.75. The number of aryl methyl sites for hydroxylation is 1. The number of esters is 1. The highest BCUT2D eigenvalue weighted by molar-refractivity contribution is 6.07. The van der Waals surface area contributed by atoms with Gasteiger partial charge < -0.3 is 15.4 Å². The summed E-state index contributed by atoms with van der Waals surface area (Å²) in [5.41, 5.74) is 3.84. The van der Waals surface area contributed by atoms with Crippen molar-refractivity contribution in [2.24, 2.45) is 0 Å². The number of hydrogen-bond acceptors (Lipinski definition) is 5. The standard InChI is InChI=1S/C23H23N3O3/c1-3-16-9-5-7-11-19(16)25-17-13-14-24-21(15-17)22(27)26-20-12-8-6-10-18(20)23(28)29-4-2/h5-15H,3-4H2,1-2H3,(H,24,25)(H,26,27). The van der Waals surface area contributed by atoms with Crippen molar-refractivity contribution in [3.8, 4) is 0 Å². The molecule has 0 bridgehead atoms. The molecule has 2 N–H and O–H groups in total. The maximum atomic E-state index is 12.7. The van der Waals surface area contributed by atoms with Crippen LogP contribution in [0.1, 0.15) is 40.3 Å². The number of pyridine rings is 1. The lowest BCUT2D eigenvalue weighted by atomic mass is 10.1. The fourth-order valence-corrected chi connectivity index (χ4v) is 2.90. The summed E-state index contributed by atoms with van der Waals surface area (Å²) in [6.07, 6.45) is 2.47. The van der Waals surface area contributed by atoms with Crippen LogP contribution in [0.4, 0.5) is 17.1 Å². The van der Waals surface area contributed by atoms with Crippen molar-refractivity contribution in [1.82, 2.24) is 4.98 Å². The second-order valence-electron chi connectivity index (χ2n) is 6.29. The molecule has 0 spiro atoms. The number of rotatable bonds is 7. The Morgan fingerprint density at radius 3 is 2.45 bits per heavy atom. The van der Waals surface area contributed by atoms with Crippen LogP contribution in [0.25, 0.3) is 0 Å². The Balaban J connectivity index is 1.79. The first-order valence-corrected chi connectivity index (χ1v) is 9.50. The zero-order valence-electron chi connectivity index (χ0n) is 16.4. The van der Waals surface area contributed by atoms with Crippen LogP contribution in [0.3, 0.4) is 0 Å². The van der Waals surface area contributed by atoms with Crippen LogP contribution in [0, 0.1) is 0 Å². The molecule has 0 unspecified atom stereocenters. The average molecular weight is 389 g/mol. The van der Waals surface area contributed by atoms with Crippen molar-refractivity contribution in [2.45, 2.75) is 20.3 Å². The van der Waals surface area contributed by atoms with Crippen molar-refractivity contribution in [2.75, 3.05) is 17.2 Å². The molecule has 0 fully saturated rings.